The van der Waals surface area contributed by atoms with Crippen LogP contribution in [0.1, 0.15) is 239 Å². The Labute approximate surface area is 439 Å². The quantitative estimate of drug-likeness (QED) is 0.0197. The summed E-state index contributed by atoms with van der Waals surface area (Å²) in [5.41, 5.74) is 0. The number of aliphatic hydroxyl groups is 1. The molecule has 0 radical (unpaired) electrons. The van der Waals surface area contributed by atoms with E-state index in [1.165, 1.54) is 64.2 Å². The number of esters is 3. The van der Waals surface area contributed by atoms with Gasteiger partial charge in [0.05, 0.1) is 19.8 Å². The zero-order valence-corrected chi connectivity index (χ0v) is 46.5. The van der Waals surface area contributed by atoms with Crippen molar-refractivity contribution < 1.29 is 52.2 Å². The molecule has 0 spiro atoms. The van der Waals surface area contributed by atoms with Crippen molar-refractivity contribution in [2.24, 2.45) is 0 Å². The molecule has 0 rings (SSSR count). The van der Waals surface area contributed by atoms with E-state index < -0.39 is 57.8 Å². The van der Waals surface area contributed by atoms with E-state index >= 15 is 0 Å². The predicted molar refractivity (Wildman–Crippen MR) is 298 cm³/mol. The van der Waals surface area contributed by atoms with E-state index in [0.29, 0.717) is 19.3 Å². The number of rotatable bonds is 52. The maximum absolute atomic E-state index is 12.9. The minimum Gasteiger partial charge on any atom is -0.462 e. The molecule has 414 valence electrons. The first-order chi connectivity index (χ1) is 35.2. The first-order valence-electron chi connectivity index (χ1n) is 28.5. The molecular weight excluding hydrogens is 928 g/mol. The molecule has 0 saturated carbocycles. The van der Waals surface area contributed by atoms with Gasteiger partial charge in [0.15, 0.2) is 6.10 Å². The van der Waals surface area contributed by atoms with Gasteiger partial charge in [-0.1, -0.05) is 196 Å². The van der Waals surface area contributed by atoms with Gasteiger partial charge in [-0.25, -0.2) is 4.57 Å². The Bertz CT molecular complexity index is 1530. The lowest BCUT2D eigenvalue weighted by atomic mass is 10.1. The summed E-state index contributed by atoms with van der Waals surface area (Å²) in [6.45, 7) is 4.36. The number of hydrogen-bond acceptors (Lipinski definition) is 10. The zero-order chi connectivity index (χ0) is 52.7. The molecule has 2 N–H and O–H groups in total. The molecule has 0 bridgehead atoms. The Morgan fingerprint density at radius 1 is 0.403 bits per heavy atom. The number of hydrogen-bond donors (Lipinski definition) is 2. The Hall–Kier alpha value is -3.34. The highest BCUT2D eigenvalue weighted by Crippen LogP contribution is 2.43. The predicted octanol–water partition coefficient (Wildman–Crippen LogP) is 16.7. The van der Waals surface area contributed by atoms with Crippen molar-refractivity contribution in [3.8, 4) is 0 Å². The number of allylic oxidation sites excluding steroid dienone is 14. The minimum atomic E-state index is -4.76. The van der Waals surface area contributed by atoms with Crippen molar-refractivity contribution in [2.45, 2.75) is 251 Å². The summed E-state index contributed by atoms with van der Waals surface area (Å²) in [6.07, 6.45) is 61.2. The molecule has 0 aromatic heterocycles. The molecule has 3 unspecified atom stereocenters. The van der Waals surface area contributed by atoms with Gasteiger partial charge in [0, 0.05) is 19.3 Å². The number of carbonyl (C=O) groups excluding carboxylic acids is 3. The van der Waals surface area contributed by atoms with E-state index in [1.54, 1.807) is 0 Å². The summed E-state index contributed by atoms with van der Waals surface area (Å²) in [4.78, 5) is 48.5. The van der Waals surface area contributed by atoms with Crippen LogP contribution in [0.3, 0.4) is 0 Å². The molecule has 72 heavy (non-hydrogen) atoms. The molecule has 3 atom stereocenters. The fourth-order valence-electron chi connectivity index (χ4n) is 7.50. The highest BCUT2D eigenvalue weighted by Gasteiger charge is 2.28. The molecule has 0 aliphatic rings. The summed E-state index contributed by atoms with van der Waals surface area (Å²) in [6, 6.07) is 0. The van der Waals surface area contributed by atoms with Gasteiger partial charge < -0.3 is 24.2 Å². The van der Waals surface area contributed by atoms with E-state index in [1.807, 2.05) is 0 Å². The third kappa shape index (κ3) is 51.6. The van der Waals surface area contributed by atoms with E-state index in [9.17, 15) is 28.9 Å². The van der Waals surface area contributed by atoms with Gasteiger partial charge in [-0.15, -0.1) is 0 Å². The highest BCUT2D eigenvalue weighted by molar-refractivity contribution is 7.47. The van der Waals surface area contributed by atoms with Crippen LogP contribution in [0.4, 0.5) is 0 Å². The van der Waals surface area contributed by atoms with Gasteiger partial charge in [0.1, 0.15) is 12.7 Å². The molecule has 0 heterocycles. The fourth-order valence-corrected chi connectivity index (χ4v) is 8.28. The average molecular weight is 1030 g/mol. The van der Waals surface area contributed by atoms with Crippen molar-refractivity contribution in [2.75, 3.05) is 26.4 Å². The lowest BCUT2D eigenvalue weighted by molar-refractivity contribution is -0.161. The number of phosphoric ester groups is 1. The summed E-state index contributed by atoms with van der Waals surface area (Å²) in [7, 11) is -4.76. The van der Waals surface area contributed by atoms with Gasteiger partial charge in [-0.2, -0.15) is 0 Å². The second kappa shape index (κ2) is 53.9. The van der Waals surface area contributed by atoms with Crippen LogP contribution in [0.2, 0.25) is 0 Å². The van der Waals surface area contributed by atoms with E-state index in [-0.39, 0.29) is 25.9 Å². The third-order valence-corrected chi connectivity index (χ3v) is 12.7. The summed E-state index contributed by atoms with van der Waals surface area (Å²) in [5.74, 6) is -1.52. The third-order valence-electron chi connectivity index (χ3n) is 11.8. The molecule has 0 aromatic carbocycles. The van der Waals surface area contributed by atoms with E-state index in [2.05, 4.69) is 106 Å². The first-order valence-corrected chi connectivity index (χ1v) is 30.0. The van der Waals surface area contributed by atoms with E-state index in [0.717, 1.165) is 116 Å². The normalized spacial score (nSPS) is 14.0. The molecule has 12 heteroatoms. The van der Waals surface area contributed by atoms with Crippen LogP contribution in [0.15, 0.2) is 85.1 Å². The molecule has 0 aliphatic carbocycles. The number of phosphoric acid groups is 1. The van der Waals surface area contributed by atoms with Crippen LogP contribution in [-0.4, -0.2) is 66.5 Å². The molecule has 0 saturated heterocycles. The van der Waals surface area contributed by atoms with Crippen LogP contribution in [0.25, 0.3) is 0 Å². The van der Waals surface area contributed by atoms with Crippen molar-refractivity contribution in [1.82, 2.24) is 0 Å². The average Bonchev–Trinajstić information content (AvgIpc) is 3.37. The van der Waals surface area contributed by atoms with E-state index in [4.69, 9.17) is 23.3 Å². The molecular formula is C60H103O11P. The Morgan fingerprint density at radius 3 is 1.14 bits per heavy atom. The number of ether oxygens (including phenoxy) is 3. The number of aliphatic hydroxyl groups excluding tert-OH is 1. The smallest absolute Gasteiger partial charge is 0.462 e. The number of unbranched alkanes of at least 4 members (excludes halogenated alkanes) is 21. The Kier molecular flexibility index (Phi) is 51.4. The van der Waals surface area contributed by atoms with Crippen LogP contribution < -0.4 is 0 Å². The lowest BCUT2D eigenvalue weighted by Gasteiger charge is -2.21. The minimum absolute atomic E-state index is 0.138. The van der Waals surface area contributed by atoms with Crippen LogP contribution in [0.5, 0.6) is 0 Å². The maximum atomic E-state index is 12.9. The van der Waals surface area contributed by atoms with Crippen molar-refractivity contribution >= 4 is 25.7 Å². The van der Waals surface area contributed by atoms with Gasteiger partial charge >= 0.3 is 25.7 Å². The lowest BCUT2D eigenvalue weighted by Crippen LogP contribution is -2.30. The van der Waals surface area contributed by atoms with Gasteiger partial charge in [0.25, 0.3) is 0 Å². The first kappa shape index (κ1) is 68.7. The van der Waals surface area contributed by atoms with Crippen LogP contribution in [0, 0.1) is 0 Å². The summed E-state index contributed by atoms with van der Waals surface area (Å²) < 4.78 is 39.4. The molecule has 0 amide bonds. The molecule has 0 fully saturated rings. The van der Waals surface area contributed by atoms with Crippen molar-refractivity contribution in [3.63, 3.8) is 0 Å². The summed E-state index contributed by atoms with van der Waals surface area (Å²) in [5, 5.41) is 9.79. The standard InChI is InChI=1S/C60H103O11P/c1-4-7-10-13-16-19-22-25-27-28-30-32-34-37-40-43-46-49-58(62)67-53-57(71-60(64)51-48-45-42-39-36-33-29-26-23-20-17-14-11-8-5-2)55-69-72(65,66)68-54-56(52-61)70-59(63)50-47-44-41-38-35-31-24-21-18-15-12-9-6-3/h8-9,11-12,17-18,20-21,25-27,29,31,35,56-57,61H,4-7,10,13-16,19,22-24,28,30,32-34,36-55H2,1-3H3,(H,65,66)/b11-8-,12-9-,20-17-,21-18-,27-25-,29-26-,35-31-. The van der Waals surface area contributed by atoms with Gasteiger partial charge in [-0.05, 0) is 109 Å². The number of carbonyl (C=O) groups is 3. The van der Waals surface area contributed by atoms with Crippen LogP contribution in [-0.2, 0) is 42.2 Å². The maximum Gasteiger partial charge on any atom is 0.472 e. The second-order valence-corrected chi connectivity index (χ2v) is 20.1. The topological polar surface area (TPSA) is 155 Å². The van der Waals surface area contributed by atoms with Crippen molar-refractivity contribution in [1.29, 1.82) is 0 Å². The molecule has 0 aliphatic heterocycles. The van der Waals surface area contributed by atoms with Crippen molar-refractivity contribution in [3.05, 3.63) is 85.1 Å². The highest BCUT2D eigenvalue weighted by atomic mass is 31.2. The zero-order valence-electron chi connectivity index (χ0n) is 45.6. The second-order valence-electron chi connectivity index (χ2n) is 18.7. The van der Waals surface area contributed by atoms with Crippen LogP contribution >= 0.6 is 7.82 Å². The summed E-state index contributed by atoms with van der Waals surface area (Å²) >= 11 is 0. The fraction of sp³-hybridized carbons (Fsp3) is 0.717. The molecule has 11 nitrogen and oxygen atoms in total. The van der Waals surface area contributed by atoms with Gasteiger partial charge in [-0.3, -0.25) is 23.4 Å². The largest absolute Gasteiger partial charge is 0.472 e. The SMILES string of the molecule is CC/C=C\C/C=C\C/C=C\CCCCCCCC(=O)OC(COC(=O)CCCCCCCCC/C=C\CCCCCCCC)COP(=O)(O)OCC(CO)OC(=O)CCCCC/C=C\C/C=C\C/C=C\CC. The Balaban J connectivity index is 4.78. The Morgan fingerprint density at radius 2 is 0.722 bits per heavy atom. The van der Waals surface area contributed by atoms with Gasteiger partial charge in [0.2, 0.25) is 0 Å². The monoisotopic (exact) mass is 1030 g/mol. The molecule has 0 aromatic rings.